The average Bonchev–Trinajstić information content (AvgIpc) is 2.49. The van der Waals surface area contributed by atoms with E-state index in [0.29, 0.717) is 17.0 Å². The van der Waals surface area contributed by atoms with Gasteiger partial charge in [0.05, 0.1) is 18.1 Å². The van der Waals surface area contributed by atoms with Gasteiger partial charge in [-0.2, -0.15) is 13.2 Å². The minimum atomic E-state index is -4.48. The highest BCUT2D eigenvalue weighted by Gasteiger charge is 2.52. The van der Waals surface area contributed by atoms with Gasteiger partial charge in [-0.1, -0.05) is 6.07 Å². The molecule has 2 aromatic rings. The van der Waals surface area contributed by atoms with Crippen molar-refractivity contribution in [1.29, 1.82) is 0 Å². The SMILES string of the molecule is FC(F)(F)c1ncc(N2CC3(CC(Cc4cccnc4)C3)C2)cn1. The van der Waals surface area contributed by atoms with Crippen LogP contribution >= 0.6 is 0 Å². The van der Waals surface area contributed by atoms with Gasteiger partial charge in [0.2, 0.25) is 5.82 Å². The molecule has 0 bridgehead atoms. The molecule has 0 aromatic carbocycles. The zero-order valence-corrected chi connectivity index (χ0v) is 13.0. The molecule has 0 atom stereocenters. The van der Waals surface area contributed by atoms with Crippen LogP contribution in [-0.2, 0) is 12.6 Å². The lowest BCUT2D eigenvalue weighted by Gasteiger charge is -2.60. The third kappa shape index (κ3) is 2.83. The second kappa shape index (κ2) is 5.43. The van der Waals surface area contributed by atoms with E-state index in [1.165, 1.54) is 30.8 Å². The molecule has 24 heavy (non-hydrogen) atoms. The van der Waals surface area contributed by atoms with Crippen LogP contribution in [0.25, 0.3) is 0 Å². The van der Waals surface area contributed by atoms with E-state index in [0.717, 1.165) is 19.5 Å². The molecule has 0 amide bonds. The number of nitrogens with zero attached hydrogens (tertiary/aromatic N) is 4. The van der Waals surface area contributed by atoms with Crippen molar-refractivity contribution in [3.63, 3.8) is 0 Å². The maximum atomic E-state index is 12.5. The second-order valence-corrected chi connectivity index (χ2v) is 6.96. The Kier molecular flexibility index (Phi) is 3.47. The fraction of sp³-hybridized carbons (Fsp3) is 0.471. The number of pyridine rings is 1. The molecule has 0 N–H and O–H groups in total. The largest absolute Gasteiger partial charge is 0.451 e. The van der Waals surface area contributed by atoms with Gasteiger partial charge in [-0.3, -0.25) is 4.98 Å². The molecule has 0 unspecified atom stereocenters. The van der Waals surface area contributed by atoms with Crippen LogP contribution in [-0.4, -0.2) is 28.0 Å². The van der Waals surface area contributed by atoms with Crippen molar-refractivity contribution in [2.45, 2.75) is 25.4 Å². The third-order valence-electron chi connectivity index (χ3n) is 5.00. The lowest BCUT2D eigenvalue weighted by molar-refractivity contribution is -0.145. The molecule has 4 rings (SSSR count). The summed E-state index contributed by atoms with van der Waals surface area (Å²) in [6.07, 6.45) is 5.14. The molecule has 0 radical (unpaired) electrons. The van der Waals surface area contributed by atoms with Crippen LogP contribution in [0.1, 0.15) is 24.2 Å². The molecular weight excluding hydrogens is 317 g/mol. The summed E-state index contributed by atoms with van der Waals surface area (Å²) in [4.78, 5) is 13.1. The van der Waals surface area contributed by atoms with Gasteiger partial charge in [-0.15, -0.1) is 0 Å². The van der Waals surface area contributed by atoms with Crippen molar-refractivity contribution < 1.29 is 13.2 Å². The molecule has 126 valence electrons. The molecule has 2 aliphatic rings. The lowest BCUT2D eigenvalue weighted by Crippen LogP contribution is -2.62. The van der Waals surface area contributed by atoms with E-state index in [4.69, 9.17) is 0 Å². The van der Waals surface area contributed by atoms with Crippen LogP contribution < -0.4 is 4.90 Å². The zero-order valence-electron chi connectivity index (χ0n) is 13.0. The zero-order chi connectivity index (χ0) is 16.8. The molecule has 2 aromatic heterocycles. The van der Waals surface area contributed by atoms with E-state index in [1.807, 2.05) is 12.3 Å². The van der Waals surface area contributed by atoms with E-state index in [1.54, 1.807) is 6.20 Å². The molecule has 1 saturated carbocycles. The first-order valence-corrected chi connectivity index (χ1v) is 7.97. The van der Waals surface area contributed by atoms with Crippen LogP contribution in [0.2, 0.25) is 0 Å². The van der Waals surface area contributed by atoms with Crippen molar-refractivity contribution >= 4 is 5.69 Å². The monoisotopic (exact) mass is 334 g/mol. The summed E-state index contributed by atoms with van der Waals surface area (Å²) in [5.74, 6) is -0.401. The summed E-state index contributed by atoms with van der Waals surface area (Å²) in [6.45, 7) is 1.76. The third-order valence-corrected chi connectivity index (χ3v) is 5.00. The first kappa shape index (κ1) is 15.4. The van der Waals surface area contributed by atoms with Gasteiger partial charge in [-0.25, -0.2) is 9.97 Å². The predicted octanol–water partition coefficient (Wildman–Crippen LogP) is 3.35. The topological polar surface area (TPSA) is 41.9 Å². The molecule has 7 heteroatoms. The molecule has 3 heterocycles. The normalized spacial score (nSPS) is 19.9. The van der Waals surface area contributed by atoms with Gasteiger partial charge in [0.25, 0.3) is 0 Å². The fourth-order valence-electron chi connectivity index (χ4n) is 4.00. The standard InChI is InChI=1S/C17H17F3N4/c18-17(19,20)15-22-8-14(9-23-15)24-10-16(11-24)5-13(6-16)4-12-2-1-3-21-7-12/h1-3,7-9,13H,4-6,10-11H2. The summed E-state index contributed by atoms with van der Waals surface area (Å²) in [6, 6.07) is 4.06. The van der Waals surface area contributed by atoms with Crippen LogP contribution in [0.4, 0.5) is 18.9 Å². The van der Waals surface area contributed by atoms with Crippen molar-refractivity contribution in [2.75, 3.05) is 18.0 Å². The molecule has 4 nitrogen and oxygen atoms in total. The molecule has 1 aliphatic carbocycles. The number of hydrogen-bond donors (Lipinski definition) is 0. The van der Waals surface area contributed by atoms with Gasteiger partial charge < -0.3 is 4.90 Å². The number of alkyl halides is 3. The van der Waals surface area contributed by atoms with Crippen LogP contribution in [0.5, 0.6) is 0 Å². The Morgan fingerprint density at radius 1 is 1.12 bits per heavy atom. The molecule has 1 aliphatic heterocycles. The summed E-state index contributed by atoms with van der Waals surface area (Å²) < 4.78 is 37.4. The maximum absolute atomic E-state index is 12.5. The smallest absolute Gasteiger partial charge is 0.368 e. The molecular formula is C17H17F3N4. The van der Waals surface area contributed by atoms with E-state index < -0.39 is 12.0 Å². The Balaban J connectivity index is 1.30. The maximum Gasteiger partial charge on any atom is 0.451 e. The van der Waals surface area contributed by atoms with E-state index >= 15 is 0 Å². The quantitative estimate of drug-likeness (QED) is 0.863. The minimum Gasteiger partial charge on any atom is -0.368 e. The number of aromatic nitrogens is 3. The van der Waals surface area contributed by atoms with Crippen molar-refractivity contribution in [3.05, 3.63) is 48.3 Å². The predicted molar refractivity (Wildman–Crippen MR) is 82.3 cm³/mol. The van der Waals surface area contributed by atoms with Crippen molar-refractivity contribution in [2.24, 2.45) is 11.3 Å². The van der Waals surface area contributed by atoms with Gasteiger partial charge >= 0.3 is 6.18 Å². The van der Waals surface area contributed by atoms with Crippen LogP contribution in [0, 0.1) is 11.3 Å². The molecule has 1 saturated heterocycles. The van der Waals surface area contributed by atoms with E-state index in [-0.39, 0.29) is 0 Å². The highest BCUT2D eigenvalue weighted by atomic mass is 19.4. The van der Waals surface area contributed by atoms with E-state index in [2.05, 4.69) is 25.9 Å². The fourth-order valence-corrected chi connectivity index (χ4v) is 4.00. The van der Waals surface area contributed by atoms with Gasteiger partial charge in [0, 0.05) is 30.9 Å². The Morgan fingerprint density at radius 2 is 1.83 bits per heavy atom. The molecule has 2 fully saturated rings. The Morgan fingerprint density at radius 3 is 2.42 bits per heavy atom. The number of halogens is 3. The van der Waals surface area contributed by atoms with Crippen LogP contribution in [0.15, 0.2) is 36.9 Å². The molecule has 1 spiro atoms. The Labute approximate surface area is 137 Å². The highest BCUT2D eigenvalue weighted by Crippen LogP contribution is 2.53. The van der Waals surface area contributed by atoms with Gasteiger partial charge in [0.15, 0.2) is 0 Å². The first-order valence-electron chi connectivity index (χ1n) is 7.97. The van der Waals surface area contributed by atoms with Gasteiger partial charge in [-0.05, 0) is 36.8 Å². The Hall–Kier alpha value is -2.18. The average molecular weight is 334 g/mol. The lowest BCUT2D eigenvalue weighted by atomic mass is 9.56. The van der Waals surface area contributed by atoms with Crippen molar-refractivity contribution in [1.82, 2.24) is 15.0 Å². The summed E-state index contributed by atoms with van der Waals surface area (Å²) in [7, 11) is 0. The minimum absolute atomic E-state index is 0.329. The number of hydrogen-bond acceptors (Lipinski definition) is 4. The second-order valence-electron chi connectivity index (χ2n) is 6.96. The first-order chi connectivity index (χ1) is 11.4. The van der Waals surface area contributed by atoms with Crippen LogP contribution in [0.3, 0.4) is 0 Å². The highest BCUT2D eigenvalue weighted by molar-refractivity contribution is 5.47. The summed E-state index contributed by atoms with van der Waals surface area (Å²) in [5, 5.41) is 0. The summed E-state index contributed by atoms with van der Waals surface area (Å²) >= 11 is 0. The van der Waals surface area contributed by atoms with Gasteiger partial charge in [0.1, 0.15) is 0 Å². The number of rotatable bonds is 3. The van der Waals surface area contributed by atoms with Crippen molar-refractivity contribution in [3.8, 4) is 0 Å². The Bertz CT molecular complexity index is 701. The number of anilines is 1. The summed E-state index contributed by atoms with van der Waals surface area (Å²) in [5.41, 5.74) is 2.27. The van der Waals surface area contributed by atoms with E-state index in [9.17, 15) is 13.2 Å².